The molecule has 142 valence electrons. The van der Waals surface area contributed by atoms with Crippen molar-refractivity contribution in [3.05, 3.63) is 46.5 Å². The Balaban J connectivity index is 2.21. The predicted molar refractivity (Wildman–Crippen MR) is 90.8 cm³/mol. The number of alkyl carbamates (subject to hydrolysis) is 1. The van der Waals surface area contributed by atoms with E-state index in [0.717, 1.165) is 6.07 Å². The molecule has 0 saturated heterocycles. The SMILES string of the molecule is CC(C)(C)OC(=O)NC/C(=C\F)C(O)c1cc(F)cc2c1C(=O)NCC2. The molecule has 0 fully saturated rings. The molecule has 0 radical (unpaired) electrons. The number of nitrogens with one attached hydrogen (secondary N) is 2. The molecular formula is C18H22F2N2O4. The van der Waals surface area contributed by atoms with Gasteiger partial charge in [-0.2, -0.15) is 0 Å². The second kappa shape index (κ2) is 7.82. The fourth-order valence-corrected chi connectivity index (χ4v) is 2.66. The van der Waals surface area contributed by atoms with Crippen molar-refractivity contribution in [1.29, 1.82) is 0 Å². The number of ether oxygens (including phenoxy) is 1. The van der Waals surface area contributed by atoms with Crippen LogP contribution in [-0.4, -0.2) is 35.8 Å². The Hall–Kier alpha value is -2.48. The molecule has 1 atom stereocenters. The highest BCUT2D eigenvalue weighted by Gasteiger charge is 2.27. The molecule has 1 aromatic rings. The molecule has 1 unspecified atom stereocenters. The van der Waals surface area contributed by atoms with Gasteiger partial charge in [0.15, 0.2) is 0 Å². The maximum absolute atomic E-state index is 13.9. The molecule has 8 heteroatoms. The molecule has 0 aromatic heterocycles. The number of aliphatic hydroxyl groups excluding tert-OH is 1. The fourth-order valence-electron chi connectivity index (χ4n) is 2.66. The van der Waals surface area contributed by atoms with Crippen LogP contribution in [0.2, 0.25) is 0 Å². The number of hydrogen-bond acceptors (Lipinski definition) is 4. The van der Waals surface area contributed by atoms with Crippen LogP contribution in [0.25, 0.3) is 0 Å². The molecular weight excluding hydrogens is 346 g/mol. The minimum absolute atomic E-state index is 0.0490. The standard InChI is InChI=1S/C18H22F2N2O4/c1-18(2,3)26-17(25)22-9-11(8-19)15(23)13-7-12(20)6-10-4-5-21-16(24)14(10)13/h6-8,15,23H,4-5,9H2,1-3H3,(H,21,24)(H,22,25)/b11-8+. The Morgan fingerprint density at radius 3 is 2.77 bits per heavy atom. The minimum atomic E-state index is -1.59. The monoisotopic (exact) mass is 368 g/mol. The predicted octanol–water partition coefficient (Wildman–Crippen LogP) is 2.52. The first-order valence-corrected chi connectivity index (χ1v) is 8.17. The van der Waals surface area contributed by atoms with Crippen molar-refractivity contribution in [3.63, 3.8) is 0 Å². The number of carbonyl (C=O) groups is 2. The Bertz CT molecular complexity index is 741. The molecule has 1 aliphatic heterocycles. The second-order valence-electron chi connectivity index (χ2n) is 6.98. The third-order valence-electron chi connectivity index (χ3n) is 3.74. The zero-order valence-electron chi connectivity index (χ0n) is 14.9. The van der Waals surface area contributed by atoms with Crippen molar-refractivity contribution in [2.75, 3.05) is 13.1 Å². The molecule has 1 heterocycles. The number of rotatable bonds is 4. The van der Waals surface area contributed by atoms with E-state index in [0.29, 0.717) is 18.5 Å². The number of fused-ring (bicyclic) bond motifs is 1. The lowest BCUT2D eigenvalue weighted by Crippen LogP contribution is -2.35. The topological polar surface area (TPSA) is 87.7 Å². The van der Waals surface area contributed by atoms with Crippen molar-refractivity contribution >= 4 is 12.0 Å². The molecule has 0 saturated carbocycles. The van der Waals surface area contributed by atoms with Crippen LogP contribution in [0.15, 0.2) is 24.0 Å². The quantitative estimate of drug-likeness (QED) is 0.762. The Morgan fingerprint density at radius 2 is 2.15 bits per heavy atom. The van der Waals surface area contributed by atoms with Gasteiger partial charge in [-0.05, 0) is 44.9 Å². The van der Waals surface area contributed by atoms with Gasteiger partial charge >= 0.3 is 6.09 Å². The van der Waals surface area contributed by atoms with Crippen molar-refractivity contribution < 1.29 is 28.2 Å². The summed E-state index contributed by atoms with van der Waals surface area (Å²) in [5.74, 6) is -1.09. The summed E-state index contributed by atoms with van der Waals surface area (Å²) in [6, 6.07) is 2.22. The molecule has 6 nitrogen and oxygen atoms in total. The van der Waals surface area contributed by atoms with E-state index < -0.39 is 29.5 Å². The van der Waals surface area contributed by atoms with Gasteiger partial charge in [0, 0.05) is 29.8 Å². The van der Waals surface area contributed by atoms with Crippen LogP contribution in [0, 0.1) is 5.82 Å². The smallest absolute Gasteiger partial charge is 0.407 e. The van der Waals surface area contributed by atoms with E-state index in [-0.39, 0.29) is 29.6 Å². The van der Waals surface area contributed by atoms with E-state index in [1.165, 1.54) is 6.07 Å². The third kappa shape index (κ3) is 4.78. The zero-order valence-corrected chi connectivity index (χ0v) is 14.9. The molecule has 3 N–H and O–H groups in total. The summed E-state index contributed by atoms with van der Waals surface area (Å²) in [6.07, 6.45) is -1.85. The molecule has 1 aromatic carbocycles. The highest BCUT2D eigenvalue weighted by molar-refractivity contribution is 5.98. The van der Waals surface area contributed by atoms with Crippen molar-refractivity contribution in [2.45, 2.75) is 38.9 Å². The highest BCUT2D eigenvalue weighted by atomic mass is 19.1. The Morgan fingerprint density at radius 1 is 1.46 bits per heavy atom. The number of aliphatic hydroxyl groups is 1. The minimum Gasteiger partial charge on any atom is -0.444 e. The maximum Gasteiger partial charge on any atom is 0.407 e. The van der Waals surface area contributed by atoms with Gasteiger partial charge in [-0.15, -0.1) is 0 Å². The van der Waals surface area contributed by atoms with E-state index in [9.17, 15) is 23.5 Å². The second-order valence-corrected chi connectivity index (χ2v) is 6.98. The Labute approximate surface area is 150 Å². The van der Waals surface area contributed by atoms with Crippen LogP contribution >= 0.6 is 0 Å². The van der Waals surface area contributed by atoms with E-state index in [1.54, 1.807) is 20.8 Å². The summed E-state index contributed by atoms with van der Waals surface area (Å²) in [5, 5.41) is 15.4. The lowest BCUT2D eigenvalue weighted by Gasteiger charge is -2.24. The van der Waals surface area contributed by atoms with Gasteiger partial charge in [0.25, 0.3) is 5.91 Å². The average Bonchev–Trinajstić information content (AvgIpc) is 2.52. The third-order valence-corrected chi connectivity index (χ3v) is 3.74. The molecule has 0 aliphatic carbocycles. The number of carbonyl (C=O) groups excluding carboxylic acids is 2. The van der Waals surface area contributed by atoms with Crippen LogP contribution in [-0.2, 0) is 11.2 Å². The molecule has 2 amide bonds. The van der Waals surface area contributed by atoms with Crippen LogP contribution in [0.5, 0.6) is 0 Å². The fraction of sp³-hybridized carbons (Fsp3) is 0.444. The molecule has 0 spiro atoms. The van der Waals surface area contributed by atoms with E-state index in [1.807, 2.05) is 0 Å². The van der Waals surface area contributed by atoms with Crippen LogP contribution < -0.4 is 10.6 Å². The van der Waals surface area contributed by atoms with E-state index in [4.69, 9.17) is 4.74 Å². The summed E-state index contributed by atoms with van der Waals surface area (Å²) in [6.45, 7) is 5.01. The summed E-state index contributed by atoms with van der Waals surface area (Å²) in [5.41, 5.74) is -0.445. The lowest BCUT2D eigenvalue weighted by atomic mass is 9.90. The van der Waals surface area contributed by atoms with Crippen molar-refractivity contribution in [2.24, 2.45) is 0 Å². The van der Waals surface area contributed by atoms with Gasteiger partial charge in [-0.1, -0.05) is 0 Å². The number of benzene rings is 1. The zero-order chi connectivity index (χ0) is 19.5. The van der Waals surface area contributed by atoms with Gasteiger partial charge in [0.05, 0.1) is 6.33 Å². The largest absolute Gasteiger partial charge is 0.444 e. The Kier molecular flexibility index (Phi) is 5.97. The van der Waals surface area contributed by atoms with Gasteiger partial charge in [0.2, 0.25) is 0 Å². The number of amides is 2. The number of hydrogen-bond donors (Lipinski definition) is 3. The van der Waals surface area contributed by atoms with Crippen molar-refractivity contribution in [1.82, 2.24) is 10.6 Å². The van der Waals surface area contributed by atoms with Gasteiger partial charge in [-0.25, -0.2) is 13.6 Å². The van der Waals surface area contributed by atoms with Crippen molar-refractivity contribution in [3.8, 4) is 0 Å². The summed E-state index contributed by atoms with van der Waals surface area (Å²) in [7, 11) is 0. The molecule has 26 heavy (non-hydrogen) atoms. The first kappa shape index (κ1) is 19.8. The van der Waals surface area contributed by atoms with Crippen LogP contribution in [0.4, 0.5) is 13.6 Å². The average molecular weight is 368 g/mol. The van der Waals surface area contributed by atoms with E-state index in [2.05, 4.69) is 10.6 Å². The van der Waals surface area contributed by atoms with Crippen LogP contribution in [0.3, 0.4) is 0 Å². The molecule has 2 rings (SSSR count). The first-order chi connectivity index (χ1) is 12.1. The summed E-state index contributed by atoms with van der Waals surface area (Å²) < 4.78 is 32.2. The number of halogens is 2. The van der Waals surface area contributed by atoms with Gasteiger partial charge < -0.3 is 20.5 Å². The molecule has 0 bridgehead atoms. The normalized spacial score (nSPS) is 15.8. The van der Waals surface area contributed by atoms with Crippen LogP contribution in [0.1, 0.15) is 48.4 Å². The first-order valence-electron chi connectivity index (χ1n) is 8.17. The highest BCUT2D eigenvalue weighted by Crippen LogP contribution is 2.30. The van der Waals surface area contributed by atoms with Gasteiger partial charge in [-0.3, -0.25) is 4.79 Å². The molecule has 1 aliphatic rings. The van der Waals surface area contributed by atoms with E-state index >= 15 is 0 Å². The summed E-state index contributed by atoms with van der Waals surface area (Å²) >= 11 is 0. The maximum atomic E-state index is 13.9. The summed E-state index contributed by atoms with van der Waals surface area (Å²) in [4.78, 5) is 23.8. The van der Waals surface area contributed by atoms with Gasteiger partial charge in [0.1, 0.15) is 17.5 Å². The lowest BCUT2D eigenvalue weighted by molar-refractivity contribution is 0.0529.